The standard InChI is InChI=1S/C9H8N4.CH4N2O/c10-9-6-12-8(5-13-9)7-2-1-3-11-4-7;2-3-1-4/h1-6H,(H2,10,13);1H,2H2,(H,3,4). The Bertz CT molecular complexity index is 444. The molecule has 0 bridgehead atoms. The lowest BCUT2D eigenvalue weighted by Crippen LogP contribution is -2.18. The zero-order chi connectivity index (χ0) is 12.5. The Hall–Kier alpha value is -2.54. The van der Waals surface area contributed by atoms with Gasteiger partial charge in [0.05, 0.1) is 18.1 Å². The molecule has 7 heteroatoms. The summed E-state index contributed by atoms with van der Waals surface area (Å²) in [7, 11) is 0. The second-order valence-electron chi connectivity index (χ2n) is 2.85. The van der Waals surface area contributed by atoms with Crippen molar-refractivity contribution in [3.8, 4) is 11.3 Å². The number of anilines is 1. The Morgan fingerprint density at radius 2 is 2.00 bits per heavy atom. The molecule has 0 radical (unpaired) electrons. The molecule has 2 aromatic heterocycles. The van der Waals surface area contributed by atoms with Crippen molar-refractivity contribution in [1.82, 2.24) is 20.4 Å². The van der Waals surface area contributed by atoms with E-state index in [1.807, 2.05) is 12.1 Å². The van der Waals surface area contributed by atoms with E-state index < -0.39 is 0 Å². The summed E-state index contributed by atoms with van der Waals surface area (Å²) in [6.07, 6.45) is 7.02. The van der Waals surface area contributed by atoms with E-state index in [1.165, 1.54) is 6.20 Å². The lowest BCUT2D eigenvalue weighted by molar-refractivity contribution is -0.109. The van der Waals surface area contributed by atoms with Gasteiger partial charge < -0.3 is 5.73 Å². The summed E-state index contributed by atoms with van der Waals surface area (Å²) < 4.78 is 0. The minimum atomic E-state index is 0.403. The molecule has 0 saturated carbocycles. The molecule has 1 amide bonds. The summed E-state index contributed by atoms with van der Waals surface area (Å²) in [6.45, 7) is 0. The van der Waals surface area contributed by atoms with Crippen LogP contribution in [0.2, 0.25) is 0 Å². The van der Waals surface area contributed by atoms with Gasteiger partial charge >= 0.3 is 0 Å². The van der Waals surface area contributed by atoms with Gasteiger partial charge in [-0.1, -0.05) is 0 Å². The van der Waals surface area contributed by atoms with Crippen LogP contribution in [0.4, 0.5) is 5.82 Å². The van der Waals surface area contributed by atoms with E-state index in [0.717, 1.165) is 11.3 Å². The topological polar surface area (TPSA) is 120 Å². The van der Waals surface area contributed by atoms with E-state index in [0.29, 0.717) is 12.2 Å². The Morgan fingerprint density at radius 1 is 1.24 bits per heavy atom. The molecule has 2 rings (SSSR count). The Balaban J connectivity index is 0.000000317. The Morgan fingerprint density at radius 3 is 2.47 bits per heavy atom. The van der Waals surface area contributed by atoms with Gasteiger partial charge in [-0.25, -0.2) is 10.8 Å². The van der Waals surface area contributed by atoms with Gasteiger partial charge in [0.25, 0.3) is 0 Å². The molecule has 0 saturated heterocycles. The van der Waals surface area contributed by atoms with Crippen molar-refractivity contribution < 1.29 is 4.79 Å². The van der Waals surface area contributed by atoms with Crippen LogP contribution < -0.4 is 17.0 Å². The lowest BCUT2D eigenvalue weighted by Gasteiger charge is -1.98. The predicted molar refractivity (Wildman–Crippen MR) is 63.1 cm³/mol. The van der Waals surface area contributed by atoms with E-state index in [9.17, 15) is 0 Å². The molecule has 0 aliphatic carbocycles. The van der Waals surface area contributed by atoms with Gasteiger partial charge in [0.2, 0.25) is 6.41 Å². The lowest BCUT2D eigenvalue weighted by atomic mass is 10.2. The average molecular weight is 232 g/mol. The smallest absolute Gasteiger partial charge is 0.221 e. The summed E-state index contributed by atoms with van der Waals surface area (Å²) in [5.74, 6) is 4.83. The fraction of sp³-hybridized carbons (Fsp3) is 0. The third-order valence-electron chi connectivity index (χ3n) is 1.70. The molecule has 0 fully saturated rings. The van der Waals surface area contributed by atoms with Gasteiger partial charge in [-0.3, -0.25) is 20.2 Å². The largest absolute Gasteiger partial charge is 0.382 e. The number of pyridine rings is 1. The fourth-order valence-corrected chi connectivity index (χ4v) is 1.00. The third kappa shape index (κ3) is 4.22. The number of hydrazine groups is 1. The number of aromatic nitrogens is 3. The molecule has 2 heterocycles. The first kappa shape index (κ1) is 12.5. The van der Waals surface area contributed by atoms with Crippen LogP contribution in [0.5, 0.6) is 0 Å². The van der Waals surface area contributed by atoms with Gasteiger partial charge in [0.1, 0.15) is 5.82 Å². The van der Waals surface area contributed by atoms with Crippen LogP contribution in [0, 0.1) is 0 Å². The van der Waals surface area contributed by atoms with Gasteiger partial charge in [0, 0.05) is 18.0 Å². The van der Waals surface area contributed by atoms with E-state index in [1.54, 1.807) is 24.0 Å². The van der Waals surface area contributed by atoms with E-state index in [-0.39, 0.29) is 0 Å². The average Bonchev–Trinajstić information content (AvgIpc) is 2.41. The molecule has 17 heavy (non-hydrogen) atoms. The summed E-state index contributed by atoms with van der Waals surface area (Å²) in [5.41, 5.74) is 8.89. The molecule has 2 aromatic rings. The number of nitrogens with two attached hydrogens (primary N) is 2. The van der Waals surface area contributed by atoms with Crippen molar-refractivity contribution in [3.05, 3.63) is 36.9 Å². The maximum atomic E-state index is 8.94. The van der Waals surface area contributed by atoms with Crippen molar-refractivity contribution in [3.63, 3.8) is 0 Å². The minimum Gasteiger partial charge on any atom is -0.382 e. The van der Waals surface area contributed by atoms with Crippen LogP contribution in [0.15, 0.2) is 36.9 Å². The molecule has 0 aliphatic rings. The number of nitrogens with one attached hydrogen (secondary N) is 1. The maximum Gasteiger partial charge on any atom is 0.221 e. The molecule has 0 unspecified atom stereocenters. The van der Waals surface area contributed by atoms with E-state index in [2.05, 4.69) is 20.8 Å². The number of amides is 1. The first-order chi connectivity index (χ1) is 8.27. The van der Waals surface area contributed by atoms with Crippen molar-refractivity contribution in [2.24, 2.45) is 5.84 Å². The van der Waals surface area contributed by atoms with Crippen LogP contribution >= 0.6 is 0 Å². The minimum absolute atomic E-state index is 0.403. The maximum absolute atomic E-state index is 8.94. The van der Waals surface area contributed by atoms with Crippen LogP contribution in [-0.4, -0.2) is 21.4 Å². The van der Waals surface area contributed by atoms with Crippen molar-refractivity contribution in [2.45, 2.75) is 0 Å². The normalized spacial score (nSPS) is 8.76. The second-order valence-corrected chi connectivity index (χ2v) is 2.85. The second kappa shape index (κ2) is 6.85. The molecular formula is C10H12N6O. The molecular weight excluding hydrogens is 220 g/mol. The van der Waals surface area contributed by atoms with Crippen LogP contribution in [0.1, 0.15) is 0 Å². The number of hydrogen-bond donors (Lipinski definition) is 3. The highest BCUT2D eigenvalue weighted by Crippen LogP contribution is 2.13. The number of rotatable bonds is 2. The number of carbonyl (C=O) groups is 1. The Labute approximate surface area is 97.9 Å². The first-order valence-corrected chi connectivity index (χ1v) is 4.65. The monoisotopic (exact) mass is 232 g/mol. The Kier molecular flexibility index (Phi) is 5.05. The zero-order valence-electron chi connectivity index (χ0n) is 8.95. The van der Waals surface area contributed by atoms with Crippen molar-refractivity contribution in [2.75, 3.05) is 5.73 Å². The number of hydrogen-bond acceptors (Lipinski definition) is 6. The third-order valence-corrected chi connectivity index (χ3v) is 1.70. The van der Waals surface area contributed by atoms with Gasteiger partial charge in [-0.15, -0.1) is 0 Å². The van der Waals surface area contributed by atoms with Crippen molar-refractivity contribution >= 4 is 12.2 Å². The summed E-state index contributed by atoms with van der Waals surface area (Å²) in [6, 6.07) is 3.78. The highest BCUT2D eigenvalue weighted by Gasteiger charge is 1.97. The molecule has 0 spiro atoms. The molecule has 0 aliphatic heterocycles. The summed E-state index contributed by atoms with van der Waals surface area (Å²) in [4.78, 5) is 21.0. The van der Waals surface area contributed by atoms with Gasteiger partial charge in [-0.05, 0) is 12.1 Å². The highest BCUT2D eigenvalue weighted by molar-refractivity contribution is 5.56. The fourth-order valence-electron chi connectivity index (χ4n) is 1.00. The van der Waals surface area contributed by atoms with Gasteiger partial charge in [-0.2, -0.15) is 0 Å². The molecule has 88 valence electrons. The summed E-state index contributed by atoms with van der Waals surface area (Å²) >= 11 is 0. The summed E-state index contributed by atoms with van der Waals surface area (Å²) in [5, 5.41) is 0. The zero-order valence-corrected chi connectivity index (χ0v) is 8.95. The van der Waals surface area contributed by atoms with E-state index >= 15 is 0 Å². The quantitative estimate of drug-likeness (QED) is 0.283. The van der Waals surface area contributed by atoms with Crippen molar-refractivity contribution in [1.29, 1.82) is 0 Å². The van der Waals surface area contributed by atoms with Crippen LogP contribution in [0.25, 0.3) is 11.3 Å². The van der Waals surface area contributed by atoms with E-state index in [4.69, 9.17) is 10.5 Å². The predicted octanol–water partition coefficient (Wildman–Crippen LogP) is -0.273. The van der Waals surface area contributed by atoms with Gasteiger partial charge in [0.15, 0.2) is 0 Å². The molecule has 5 N–H and O–H groups in total. The molecule has 7 nitrogen and oxygen atoms in total. The number of carbonyl (C=O) groups excluding carboxylic acids is 1. The SMILES string of the molecule is NNC=O.Nc1cnc(-c2cccnc2)cn1. The number of nitrogen functional groups attached to an aromatic ring is 1. The molecule has 0 aromatic carbocycles. The number of nitrogens with zero attached hydrogens (tertiary/aromatic N) is 3. The van der Waals surface area contributed by atoms with Crippen LogP contribution in [0.3, 0.4) is 0 Å². The first-order valence-electron chi connectivity index (χ1n) is 4.65. The van der Waals surface area contributed by atoms with Crippen LogP contribution in [-0.2, 0) is 4.79 Å². The highest BCUT2D eigenvalue weighted by atomic mass is 16.1. The molecule has 0 atom stereocenters.